The maximum atomic E-state index is 14.7. The van der Waals surface area contributed by atoms with Gasteiger partial charge in [0, 0.05) is 24.7 Å². The summed E-state index contributed by atoms with van der Waals surface area (Å²) in [5.74, 6) is -0.170. The first kappa shape index (κ1) is 25.2. The van der Waals surface area contributed by atoms with Crippen LogP contribution < -0.4 is 10.6 Å². The Morgan fingerprint density at radius 1 is 1.11 bits per heavy atom. The van der Waals surface area contributed by atoms with Gasteiger partial charge in [-0.3, -0.25) is 0 Å². The minimum Gasteiger partial charge on any atom is -0.354 e. The van der Waals surface area contributed by atoms with Gasteiger partial charge in [-0.25, -0.2) is 22.8 Å². The standard InChI is InChI=1S/C26H32FN5O2S/c1-19-5-3-6-20(15-19)9-14-29-26-30-17-24(27)25(31-26)22-8-4-7-21(16-22)18-32(35(2,33)34)23-10-12-28-13-11-23/h3-8,15-17,23,28H,9-14,18H2,1-2H3,(H,29,30,31). The molecule has 4 rings (SSSR count). The molecule has 186 valence electrons. The number of nitrogens with one attached hydrogen (secondary N) is 2. The lowest BCUT2D eigenvalue weighted by atomic mass is 10.0. The molecule has 1 fully saturated rings. The molecule has 9 heteroatoms. The number of nitrogens with zero attached hydrogens (tertiary/aromatic N) is 3. The highest BCUT2D eigenvalue weighted by molar-refractivity contribution is 7.88. The van der Waals surface area contributed by atoms with Gasteiger partial charge in [0.05, 0.1) is 12.5 Å². The Balaban J connectivity index is 1.49. The number of piperidine rings is 1. The fraction of sp³-hybridized carbons (Fsp3) is 0.385. The third-order valence-corrected chi connectivity index (χ3v) is 7.48. The average Bonchev–Trinajstić information content (AvgIpc) is 2.84. The van der Waals surface area contributed by atoms with Gasteiger partial charge in [0.25, 0.3) is 0 Å². The summed E-state index contributed by atoms with van der Waals surface area (Å²) in [7, 11) is -3.40. The van der Waals surface area contributed by atoms with Gasteiger partial charge in [-0.05, 0) is 56.5 Å². The fourth-order valence-electron chi connectivity index (χ4n) is 4.45. The molecule has 35 heavy (non-hydrogen) atoms. The Hall–Kier alpha value is -2.88. The number of sulfonamides is 1. The zero-order valence-electron chi connectivity index (χ0n) is 20.2. The third kappa shape index (κ3) is 6.84. The Morgan fingerprint density at radius 2 is 1.86 bits per heavy atom. The Kier molecular flexibility index (Phi) is 8.10. The monoisotopic (exact) mass is 497 g/mol. The molecule has 0 saturated carbocycles. The highest BCUT2D eigenvalue weighted by Crippen LogP contribution is 2.25. The van der Waals surface area contributed by atoms with Gasteiger partial charge in [-0.15, -0.1) is 0 Å². The van der Waals surface area contributed by atoms with E-state index < -0.39 is 15.8 Å². The molecule has 0 amide bonds. The molecule has 2 heterocycles. The van der Waals surface area contributed by atoms with Crippen LogP contribution in [0, 0.1) is 12.7 Å². The molecule has 2 aromatic carbocycles. The largest absolute Gasteiger partial charge is 0.354 e. The van der Waals surface area contributed by atoms with Crippen LogP contribution in [0.25, 0.3) is 11.3 Å². The molecule has 2 N–H and O–H groups in total. The molecule has 3 aromatic rings. The lowest BCUT2D eigenvalue weighted by Crippen LogP contribution is -2.45. The van der Waals surface area contributed by atoms with E-state index in [-0.39, 0.29) is 18.3 Å². The van der Waals surface area contributed by atoms with Crippen LogP contribution in [0.4, 0.5) is 10.3 Å². The van der Waals surface area contributed by atoms with E-state index in [1.165, 1.54) is 23.6 Å². The van der Waals surface area contributed by atoms with Crippen molar-refractivity contribution in [1.29, 1.82) is 0 Å². The van der Waals surface area contributed by atoms with Crippen molar-refractivity contribution in [3.63, 3.8) is 0 Å². The number of benzene rings is 2. The molecule has 1 aliphatic heterocycles. The highest BCUT2D eigenvalue weighted by atomic mass is 32.2. The molecule has 0 bridgehead atoms. The van der Waals surface area contributed by atoms with Gasteiger partial charge in [0.1, 0.15) is 5.69 Å². The summed E-state index contributed by atoms with van der Waals surface area (Å²) in [6.45, 7) is 4.51. The fourth-order valence-corrected chi connectivity index (χ4v) is 5.59. The predicted molar refractivity (Wildman–Crippen MR) is 137 cm³/mol. The number of rotatable bonds is 9. The number of aryl methyl sites for hydroxylation is 1. The van der Waals surface area contributed by atoms with Gasteiger partial charge in [0.2, 0.25) is 16.0 Å². The van der Waals surface area contributed by atoms with Crippen LogP contribution in [-0.2, 0) is 23.0 Å². The second-order valence-corrected chi connectivity index (χ2v) is 11.0. The minimum absolute atomic E-state index is 0.0464. The van der Waals surface area contributed by atoms with Crippen molar-refractivity contribution < 1.29 is 12.8 Å². The summed E-state index contributed by atoms with van der Waals surface area (Å²) in [6, 6.07) is 15.5. The smallest absolute Gasteiger partial charge is 0.223 e. The van der Waals surface area contributed by atoms with Crippen LogP contribution >= 0.6 is 0 Å². The normalized spacial score (nSPS) is 14.9. The molecular formula is C26H32FN5O2S. The lowest BCUT2D eigenvalue weighted by molar-refractivity contribution is 0.258. The third-order valence-electron chi connectivity index (χ3n) is 6.20. The maximum Gasteiger partial charge on any atom is 0.223 e. The predicted octanol–water partition coefficient (Wildman–Crippen LogP) is 3.76. The molecule has 1 saturated heterocycles. The summed E-state index contributed by atoms with van der Waals surface area (Å²) in [5, 5.41) is 6.45. The molecule has 0 unspecified atom stereocenters. The van der Waals surface area contributed by atoms with Gasteiger partial charge >= 0.3 is 0 Å². The van der Waals surface area contributed by atoms with E-state index >= 15 is 0 Å². The van der Waals surface area contributed by atoms with Crippen molar-refractivity contribution in [2.24, 2.45) is 0 Å². The van der Waals surface area contributed by atoms with Crippen LogP contribution in [-0.4, -0.2) is 54.6 Å². The Labute approximate surface area is 206 Å². The van der Waals surface area contributed by atoms with E-state index in [1.807, 2.05) is 12.1 Å². The van der Waals surface area contributed by atoms with E-state index in [4.69, 9.17) is 0 Å². The van der Waals surface area contributed by atoms with Crippen LogP contribution in [0.1, 0.15) is 29.5 Å². The van der Waals surface area contributed by atoms with E-state index in [0.29, 0.717) is 18.1 Å². The molecule has 1 aliphatic rings. The number of hydrogen-bond acceptors (Lipinski definition) is 6. The Bertz CT molecular complexity index is 1260. The number of hydrogen-bond donors (Lipinski definition) is 2. The SMILES string of the molecule is Cc1cccc(CCNc2ncc(F)c(-c3cccc(CN(C4CCNCC4)S(C)(=O)=O)c3)n2)c1. The zero-order valence-corrected chi connectivity index (χ0v) is 21.0. The molecule has 7 nitrogen and oxygen atoms in total. The summed E-state index contributed by atoms with van der Waals surface area (Å²) in [4.78, 5) is 8.50. The van der Waals surface area contributed by atoms with Crippen molar-refractivity contribution in [2.75, 3.05) is 31.2 Å². The number of aromatic nitrogens is 2. The first-order chi connectivity index (χ1) is 16.8. The molecule has 0 radical (unpaired) electrons. The first-order valence-electron chi connectivity index (χ1n) is 11.9. The summed E-state index contributed by atoms with van der Waals surface area (Å²) in [6.07, 6.45) is 4.75. The average molecular weight is 498 g/mol. The van der Waals surface area contributed by atoms with Crippen LogP contribution in [0.5, 0.6) is 0 Å². The second kappa shape index (κ2) is 11.2. The van der Waals surface area contributed by atoms with E-state index in [0.717, 1.165) is 37.9 Å². The summed E-state index contributed by atoms with van der Waals surface area (Å²) < 4.78 is 41.3. The molecule has 0 spiro atoms. The summed E-state index contributed by atoms with van der Waals surface area (Å²) in [5.41, 5.74) is 3.98. The van der Waals surface area contributed by atoms with Gasteiger partial charge in [-0.2, -0.15) is 4.31 Å². The van der Waals surface area contributed by atoms with Gasteiger partial charge < -0.3 is 10.6 Å². The van der Waals surface area contributed by atoms with Crippen molar-refractivity contribution >= 4 is 16.0 Å². The van der Waals surface area contributed by atoms with Crippen molar-refractivity contribution in [2.45, 2.75) is 38.8 Å². The minimum atomic E-state index is -3.40. The molecule has 1 aromatic heterocycles. The number of halogens is 1. The van der Waals surface area contributed by atoms with Crippen molar-refractivity contribution in [3.8, 4) is 11.3 Å². The Morgan fingerprint density at radius 3 is 2.60 bits per heavy atom. The second-order valence-electron chi connectivity index (χ2n) is 9.05. The first-order valence-corrected chi connectivity index (χ1v) is 13.7. The zero-order chi connectivity index (χ0) is 24.8. The van der Waals surface area contributed by atoms with Crippen LogP contribution in [0.2, 0.25) is 0 Å². The van der Waals surface area contributed by atoms with E-state index in [1.54, 1.807) is 22.5 Å². The van der Waals surface area contributed by atoms with E-state index in [9.17, 15) is 12.8 Å². The van der Waals surface area contributed by atoms with E-state index in [2.05, 4.69) is 45.7 Å². The lowest BCUT2D eigenvalue weighted by Gasteiger charge is -2.32. The topological polar surface area (TPSA) is 87.2 Å². The maximum absolute atomic E-state index is 14.7. The summed E-state index contributed by atoms with van der Waals surface area (Å²) >= 11 is 0. The van der Waals surface area contributed by atoms with Crippen LogP contribution in [0.3, 0.4) is 0 Å². The van der Waals surface area contributed by atoms with Crippen molar-refractivity contribution in [1.82, 2.24) is 19.6 Å². The number of anilines is 1. The quantitative estimate of drug-likeness (QED) is 0.468. The van der Waals surface area contributed by atoms with Gasteiger partial charge in [-0.1, -0.05) is 48.0 Å². The van der Waals surface area contributed by atoms with Gasteiger partial charge in [0.15, 0.2) is 5.82 Å². The highest BCUT2D eigenvalue weighted by Gasteiger charge is 2.28. The molecular weight excluding hydrogens is 465 g/mol. The molecule has 0 aliphatic carbocycles. The van der Waals surface area contributed by atoms with Crippen molar-refractivity contribution in [3.05, 3.63) is 77.2 Å². The molecule has 0 atom stereocenters. The van der Waals surface area contributed by atoms with Crippen LogP contribution in [0.15, 0.2) is 54.7 Å².